The molecule has 6 aliphatic rings. The van der Waals surface area contributed by atoms with Crippen molar-refractivity contribution in [2.45, 2.75) is 76.3 Å². The fourth-order valence-corrected chi connectivity index (χ4v) is 10.7. The van der Waals surface area contributed by atoms with Gasteiger partial charge in [-0.2, -0.15) is 0 Å². The van der Waals surface area contributed by atoms with Crippen LogP contribution in [0.25, 0.3) is 55.7 Å². The average Bonchev–Trinajstić information content (AvgIpc) is 3.87. The summed E-state index contributed by atoms with van der Waals surface area (Å²) in [6.07, 6.45) is 24.5. The lowest BCUT2D eigenvalue weighted by atomic mass is 9.62. The highest BCUT2D eigenvalue weighted by Crippen LogP contribution is 2.61. The number of hydrogen-bond acceptors (Lipinski definition) is 5. The molecule has 1 spiro atoms. The first-order valence-electron chi connectivity index (χ1n) is 21.3. The molecule has 5 aromatic rings. The van der Waals surface area contributed by atoms with Gasteiger partial charge in [0.25, 0.3) is 0 Å². The number of aromatic nitrogens is 2. The van der Waals surface area contributed by atoms with Crippen molar-refractivity contribution in [3.8, 4) is 11.1 Å². The highest BCUT2D eigenvalue weighted by molar-refractivity contribution is 6.46. The molecule has 2 aromatic heterocycles. The molecule has 5 heterocycles. The summed E-state index contributed by atoms with van der Waals surface area (Å²) in [6, 6.07) is 19.9. The van der Waals surface area contributed by atoms with E-state index in [0.29, 0.717) is 36.6 Å². The number of nitrogens with zero attached hydrogens (tertiary/aromatic N) is 2. The molecule has 3 radical (unpaired) electrons. The minimum atomic E-state index is -0.139. The van der Waals surface area contributed by atoms with E-state index in [-0.39, 0.29) is 10.8 Å². The van der Waals surface area contributed by atoms with Gasteiger partial charge in [-0.1, -0.05) is 100 Å². The molecule has 3 aliphatic carbocycles. The third kappa shape index (κ3) is 5.53. The molecule has 7 heteroatoms. The van der Waals surface area contributed by atoms with Crippen molar-refractivity contribution in [3.05, 3.63) is 165 Å². The molecule has 0 unspecified atom stereocenters. The lowest BCUT2D eigenvalue weighted by molar-refractivity contribution is 0.233. The number of rotatable bonds is 6. The van der Waals surface area contributed by atoms with Gasteiger partial charge in [0, 0.05) is 32.9 Å². The van der Waals surface area contributed by atoms with E-state index in [4.69, 9.17) is 31.7 Å². The molecule has 11 rings (SSSR count). The number of ether oxygens (including phenoxy) is 2. The van der Waals surface area contributed by atoms with E-state index in [1.165, 1.54) is 71.1 Å². The van der Waals surface area contributed by atoms with Crippen molar-refractivity contribution in [2.75, 3.05) is 13.2 Å². The molecular formula is C52H45B2N2O3. The Bertz CT molecular complexity index is 2890. The van der Waals surface area contributed by atoms with Crippen LogP contribution in [0, 0.1) is 0 Å². The van der Waals surface area contributed by atoms with Crippen molar-refractivity contribution >= 4 is 59.7 Å². The summed E-state index contributed by atoms with van der Waals surface area (Å²) < 4.78 is 19.5. The normalized spacial score (nSPS) is 20.0. The third-order valence-electron chi connectivity index (χ3n) is 13.6. The summed E-state index contributed by atoms with van der Waals surface area (Å²) in [6.45, 7) is 7.53. The largest absolute Gasteiger partial charge is 0.489 e. The Morgan fingerprint density at radius 2 is 1.75 bits per heavy atom. The standard InChI is InChI=1S/C52H45B2N2O3/c1-4-5-12-32(28-53)50-55-47(49-48(56-50)35-13-7-8-16-44(35)59-49)31-20-24-57-45(25-31)33-17-18-43(58-30-33)34-14-11-15-40-46(34)37-27-42-36(26-41(37)51(40,2)3)38-29-54-23-19-39(38)52(42)21-9-6-10-22-52/h4-5,7-8,11-20,25-27,29H,6,9-10,21-24,28,30H2,1-3H3/b5-4-,32-12+. The Morgan fingerprint density at radius 3 is 2.58 bits per heavy atom. The Hall–Kier alpha value is -5.81. The van der Waals surface area contributed by atoms with E-state index in [0.717, 1.165) is 56.6 Å². The predicted molar refractivity (Wildman–Crippen MR) is 242 cm³/mol. The summed E-state index contributed by atoms with van der Waals surface area (Å²) in [5.74, 6) is 4.63. The van der Waals surface area contributed by atoms with Crippen LogP contribution in [-0.2, 0) is 20.3 Å². The van der Waals surface area contributed by atoms with Gasteiger partial charge in [0.05, 0.1) is 7.85 Å². The van der Waals surface area contributed by atoms with Gasteiger partial charge >= 0.3 is 0 Å². The molecule has 1 saturated carbocycles. The number of furan rings is 1. The lowest BCUT2D eigenvalue weighted by Gasteiger charge is -2.37. The number of benzene rings is 3. The monoisotopic (exact) mass is 767 g/mol. The minimum absolute atomic E-state index is 0.128. The number of hydrogen-bond donors (Lipinski definition) is 0. The molecule has 0 bridgehead atoms. The third-order valence-corrected chi connectivity index (χ3v) is 13.6. The van der Waals surface area contributed by atoms with Crippen molar-refractivity contribution in [2.24, 2.45) is 0 Å². The first-order valence-corrected chi connectivity index (χ1v) is 21.3. The quantitative estimate of drug-likeness (QED) is 0.127. The predicted octanol–water partition coefficient (Wildman–Crippen LogP) is 12.1. The van der Waals surface area contributed by atoms with E-state index < -0.39 is 0 Å². The van der Waals surface area contributed by atoms with Crippen LogP contribution in [-0.4, -0.2) is 38.3 Å². The molecule has 0 saturated heterocycles. The zero-order chi connectivity index (χ0) is 39.9. The van der Waals surface area contributed by atoms with Crippen LogP contribution in [0.2, 0.25) is 12.6 Å². The average molecular weight is 768 g/mol. The van der Waals surface area contributed by atoms with Crippen LogP contribution in [0.4, 0.5) is 0 Å². The van der Waals surface area contributed by atoms with Crippen molar-refractivity contribution in [1.82, 2.24) is 9.97 Å². The zero-order valence-corrected chi connectivity index (χ0v) is 34.0. The van der Waals surface area contributed by atoms with E-state index in [2.05, 4.69) is 81.7 Å². The molecule has 0 amide bonds. The van der Waals surface area contributed by atoms with Crippen LogP contribution in [0.3, 0.4) is 0 Å². The van der Waals surface area contributed by atoms with Crippen LogP contribution < -0.4 is 0 Å². The summed E-state index contributed by atoms with van der Waals surface area (Å²) >= 11 is 0. The molecule has 287 valence electrons. The van der Waals surface area contributed by atoms with Crippen molar-refractivity contribution < 1.29 is 13.9 Å². The van der Waals surface area contributed by atoms with E-state index in [1.807, 2.05) is 55.5 Å². The van der Waals surface area contributed by atoms with Gasteiger partial charge < -0.3 is 13.9 Å². The second kappa shape index (κ2) is 13.9. The van der Waals surface area contributed by atoms with E-state index >= 15 is 0 Å². The Labute approximate surface area is 348 Å². The van der Waals surface area contributed by atoms with E-state index in [1.54, 1.807) is 5.57 Å². The number of fused-ring (bicyclic) bond motifs is 11. The van der Waals surface area contributed by atoms with Gasteiger partial charge in [-0.25, -0.2) is 9.97 Å². The molecule has 5 nitrogen and oxygen atoms in total. The number of allylic oxidation sites excluding steroid dienone is 11. The first-order chi connectivity index (χ1) is 28.9. The summed E-state index contributed by atoms with van der Waals surface area (Å²) in [5, 5.41) is 0.940. The summed E-state index contributed by atoms with van der Waals surface area (Å²) in [4.78, 5) is 10.1. The Balaban J connectivity index is 0.978. The lowest BCUT2D eigenvalue weighted by Crippen LogP contribution is -2.28. The van der Waals surface area contributed by atoms with Crippen LogP contribution in [0.5, 0.6) is 0 Å². The zero-order valence-electron chi connectivity index (χ0n) is 34.0. The Kier molecular flexibility index (Phi) is 8.55. The van der Waals surface area contributed by atoms with Gasteiger partial charge in [0.15, 0.2) is 11.4 Å². The van der Waals surface area contributed by atoms with Gasteiger partial charge in [-0.3, -0.25) is 0 Å². The Morgan fingerprint density at radius 1 is 0.881 bits per heavy atom. The van der Waals surface area contributed by atoms with Crippen LogP contribution >= 0.6 is 0 Å². The number of para-hydroxylation sites is 1. The summed E-state index contributed by atoms with van der Waals surface area (Å²) in [7, 11) is 8.57. The SMILES string of the molecule is [B]C/C(=C\C=C/C)c1nc(C2=CCOC(C3=CC=C(c4cccc5c4-c4cc6c(cc4C5(C)C)C4=C[B]CC=C4C64CCCCC4)OC3)=C2)c2oc3ccccc3c2n1. The highest BCUT2D eigenvalue weighted by Gasteiger charge is 2.48. The highest BCUT2D eigenvalue weighted by atomic mass is 16.5. The smallest absolute Gasteiger partial charge is 0.180 e. The van der Waals surface area contributed by atoms with Gasteiger partial charge in [-0.15, -0.1) is 5.98 Å². The van der Waals surface area contributed by atoms with Crippen LogP contribution in [0.15, 0.2) is 131 Å². The molecule has 3 aromatic carbocycles. The topological polar surface area (TPSA) is 57.4 Å². The minimum Gasteiger partial charge on any atom is -0.489 e. The fraction of sp³-hybridized carbons (Fsp3) is 0.269. The maximum absolute atomic E-state index is 6.73. The fourth-order valence-electron chi connectivity index (χ4n) is 10.7. The molecule has 1 fully saturated rings. The van der Waals surface area contributed by atoms with Gasteiger partial charge in [0.1, 0.15) is 48.8 Å². The van der Waals surface area contributed by atoms with Gasteiger partial charge in [0.2, 0.25) is 0 Å². The van der Waals surface area contributed by atoms with Crippen molar-refractivity contribution in [3.63, 3.8) is 0 Å². The van der Waals surface area contributed by atoms with Crippen molar-refractivity contribution in [1.29, 1.82) is 0 Å². The van der Waals surface area contributed by atoms with Crippen LogP contribution in [0.1, 0.15) is 92.2 Å². The maximum atomic E-state index is 6.73. The molecule has 59 heavy (non-hydrogen) atoms. The first kappa shape index (κ1) is 36.3. The molecule has 0 N–H and O–H groups in total. The second-order valence-corrected chi connectivity index (χ2v) is 17.2. The van der Waals surface area contributed by atoms with E-state index in [9.17, 15) is 0 Å². The molecule has 3 aliphatic heterocycles. The molecule has 0 atom stereocenters. The maximum Gasteiger partial charge on any atom is 0.180 e. The second-order valence-electron chi connectivity index (χ2n) is 17.2. The summed E-state index contributed by atoms with van der Waals surface area (Å²) in [5.41, 5.74) is 18.2. The molecular weight excluding hydrogens is 722 g/mol. The van der Waals surface area contributed by atoms with Gasteiger partial charge in [-0.05, 0) is 118 Å².